The van der Waals surface area contributed by atoms with Gasteiger partial charge in [0.1, 0.15) is 70.1 Å². The molecule has 2 aliphatic rings. The van der Waals surface area contributed by atoms with Crippen LogP contribution < -0.4 is 69.4 Å². The first kappa shape index (κ1) is 102. The van der Waals surface area contributed by atoms with Crippen molar-refractivity contribution in [1.82, 2.24) is 90.0 Å². The van der Waals surface area contributed by atoms with E-state index < -0.39 is 83.3 Å². The number of nitrogens with zero attached hydrogens (tertiary/aromatic N) is 13. The summed E-state index contributed by atoms with van der Waals surface area (Å²) >= 11 is 0. The van der Waals surface area contributed by atoms with Crippen molar-refractivity contribution in [2.24, 2.45) is 29.0 Å². The number of piperidine rings is 1. The van der Waals surface area contributed by atoms with E-state index in [4.69, 9.17) is 69.9 Å². The largest absolute Gasteiger partial charge is 0.494 e. The molecular weight excluding hydrogens is 1730 g/mol. The van der Waals surface area contributed by atoms with Crippen molar-refractivity contribution in [1.29, 1.82) is 0 Å². The molecule has 1 saturated heterocycles. The summed E-state index contributed by atoms with van der Waals surface area (Å²) in [5.41, 5.74) is 23.2. The standard InChI is InChI=1S/C89H126N24O20/c1-13-112-67(46-56(7)104-112)80(118)100-85-96-64-48-60(76(90)115)50-69(125-12)74(64)110(85)29-15-16-30-111-75-65(97-86(111)101-81(119)68-47-57(8)105-113(68)14-2)49-61(77(91)116)51-70(75)130-35-18-28-107-31-24-59(25-32-107)78-103-102-71-52-108(33-34-109(71)78)83(121)66(45-54(3)4)98-87(123)131-53-58-20-22-62(23-21-58)94-79(117)63(19-17-27-93-84(92)122)95-82(120)73(55(5)6)99-72(114)26-36-126-37-38-127-39-40-128-41-42-129-43-44-132-106-88(124)133-89(9,10)11/h15-16,20-23,46-51,54-55,59,63,66,73H,13-14,17-19,24-45,52-53H2,1-12H3,(H2,90,115)(H2,91,116)(H,94,117)(H,95,120)(H,98,123)(H,99,114)(H,106,124)(H3,92,93,122)(H,96,100,118)(H,97,101,119)/b16-15+/t63-,66-,73-/m0/s1. The predicted molar refractivity (Wildman–Crippen MR) is 488 cm³/mol. The summed E-state index contributed by atoms with van der Waals surface area (Å²) in [6.07, 6.45) is 4.93. The molecular formula is C89H126N24O20. The molecule has 14 N–H and O–H groups in total. The number of nitrogens with one attached hydrogen (secondary N) is 8. The van der Waals surface area contributed by atoms with Gasteiger partial charge in [-0.1, -0.05) is 52.0 Å². The number of alkyl carbamates (subject to hydrolysis) is 1. The summed E-state index contributed by atoms with van der Waals surface area (Å²) in [5, 5.41) is 37.7. The van der Waals surface area contributed by atoms with Crippen LogP contribution in [0.5, 0.6) is 11.5 Å². The van der Waals surface area contributed by atoms with Crippen LogP contribution in [-0.2, 0) is 98.3 Å². The van der Waals surface area contributed by atoms with Crippen molar-refractivity contribution in [2.45, 2.75) is 197 Å². The number of imidazole rings is 2. The van der Waals surface area contributed by atoms with Crippen molar-refractivity contribution in [2.75, 3.05) is 122 Å². The monoisotopic (exact) mass is 1850 g/mol. The number of primary amides is 3. The summed E-state index contributed by atoms with van der Waals surface area (Å²) in [5.74, 6) is -2.27. The van der Waals surface area contributed by atoms with Crippen molar-refractivity contribution in [3.8, 4) is 11.5 Å². The number of hydrogen-bond acceptors (Lipinski definition) is 27. The molecule has 0 spiro atoms. The van der Waals surface area contributed by atoms with Gasteiger partial charge in [-0.2, -0.15) is 15.7 Å². The van der Waals surface area contributed by atoms with Gasteiger partial charge < -0.3 is 105 Å². The lowest BCUT2D eigenvalue weighted by atomic mass is 9.95. The van der Waals surface area contributed by atoms with E-state index in [2.05, 4.69) is 72.6 Å². The fourth-order valence-corrected chi connectivity index (χ4v) is 15.2. The lowest BCUT2D eigenvalue weighted by Crippen LogP contribution is -2.54. The second-order valence-corrected chi connectivity index (χ2v) is 33.8. The van der Waals surface area contributed by atoms with Gasteiger partial charge in [0.05, 0.1) is 102 Å². The highest BCUT2D eigenvalue weighted by atomic mass is 16.7. The molecule has 722 valence electrons. The first-order valence-corrected chi connectivity index (χ1v) is 44.7. The smallest absolute Gasteiger partial charge is 0.431 e. The summed E-state index contributed by atoms with van der Waals surface area (Å²) in [6, 6.07) is 12.2. The number of allylic oxidation sites excluding steroid dienone is 2. The van der Waals surface area contributed by atoms with E-state index in [0.29, 0.717) is 140 Å². The Kier molecular flexibility index (Phi) is 37.8. The van der Waals surface area contributed by atoms with E-state index in [1.54, 1.807) is 120 Å². The topological polar surface area (TPSA) is 554 Å². The molecule has 1 fully saturated rings. The number of nitrogens with two attached hydrogens (primary N) is 3. The summed E-state index contributed by atoms with van der Waals surface area (Å²) in [4.78, 5) is 164. The number of carbonyl (C=O) groups excluding carboxylic acids is 11. The normalized spacial score (nSPS) is 13.8. The van der Waals surface area contributed by atoms with E-state index in [1.807, 2.05) is 39.8 Å². The summed E-state index contributed by atoms with van der Waals surface area (Å²) in [7, 11) is 1.45. The number of urea groups is 1. The molecule has 10 rings (SSSR count). The first-order chi connectivity index (χ1) is 63.7. The molecule has 0 bridgehead atoms. The third-order valence-electron chi connectivity index (χ3n) is 21.6. The number of likely N-dealkylation sites (tertiary alicyclic amines) is 1. The van der Waals surface area contributed by atoms with Crippen LogP contribution in [0.3, 0.4) is 0 Å². The van der Waals surface area contributed by atoms with Crippen LogP contribution in [-0.4, -0.2) is 258 Å². The minimum absolute atomic E-state index is 0.0102. The zero-order valence-electron chi connectivity index (χ0n) is 77.6. The van der Waals surface area contributed by atoms with Gasteiger partial charge in [-0.05, 0) is 166 Å². The third-order valence-corrected chi connectivity index (χ3v) is 21.6. The Balaban J connectivity index is 0.682. The number of hydrogen-bond donors (Lipinski definition) is 11. The second kappa shape index (κ2) is 49.4. The molecule has 5 aromatic heterocycles. The highest BCUT2D eigenvalue weighted by Crippen LogP contribution is 2.35. The van der Waals surface area contributed by atoms with Crippen LogP contribution in [0.2, 0.25) is 0 Å². The number of aryl methyl sites for hydroxylation is 4. The van der Waals surface area contributed by atoms with E-state index in [0.717, 1.165) is 31.8 Å². The maximum atomic E-state index is 14.4. The molecule has 12 amide bonds. The number of benzene rings is 3. The zero-order chi connectivity index (χ0) is 96.0. The number of methoxy groups -OCH3 is 1. The predicted octanol–water partition coefficient (Wildman–Crippen LogP) is 6.25. The quantitative estimate of drug-likeness (QED) is 0.0114. The van der Waals surface area contributed by atoms with Gasteiger partial charge in [-0.25, -0.2) is 24.4 Å². The number of ether oxygens (including phenoxy) is 8. The molecule has 3 atom stereocenters. The molecule has 2 aliphatic heterocycles. The number of hydroxylamine groups is 1. The SMILES string of the molecule is CCn1nc(C)cc1C(=O)Nc1nc2cc(C(N)=O)cc(OC)c2n1C/C=C/Cn1c(NC(=O)c2cc(C)nn2CC)nc2cc(C(N)=O)cc(OCCCN3CCC(c4nnc5n4CCN(C(=O)[C@H](CC(C)C)NC(=O)OCc4ccc(NC(=O)[C@H](CCCNC(N)=O)NC(=O)[C@@H](NC(=O)CCOCCOCCOCCOCCONC(=O)OC(C)(C)C)C(C)C)cc4)C5)CC3)c21. The van der Waals surface area contributed by atoms with Crippen LogP contribution in [0.4, 0.5) is 32.0 Å². The van der Waals surface area contributed by atoms with E-state index in [-0.39, 0.29) is 144 Å². The minimum atomic E-state index is -1.11. The zero-order valence-corrected chi connectivity index (χ0v) is 77.6. The van der Waals surface area contributed by atoms with Crippen molar-refractivity contribution in [3.63, 3.8) is 0 Å². The Hall–Kier alpha value is -13.2. The van der Waals surface area contributed by atoms with Gasteiger partial charge in [0.15, 0.2) is 5.82 Å². The minimum Gasteiger partial charge on any atom is -0.494 e. The van der Waals surface area contributed by atoms with Gasteiger partial charge in [0, 0.05) is 81.5 Å². The average molecular weight is 1850 g/mol. The summed E-state index contributed by atoms with van der Waals surface area (Å²) in [6.45, 7) is 26.4. The van der Waals surface area contributed by atoms with Crippen LogP contribution >= 0.6 is 0 Å². The first-order valence-electron chi connectivity index (χ1n) is 44.7. The van der Waals surface area contributed by atoms with E-state index >= 15 is 0 Å². The molecule has 44 nitrogen and oxygen atoms in total. The van der Waals surface area contributed by atoms with Crippen molar-refractivity contribution >= 4 is 105 Å². The number of anilines is 3. The average Bonchev–Trinajstić information content (AvgIpc) is 1.62. The Bertz CT molecular complexity index is 5370. The molecule has 0 unspecified atom stereocenters. The van der Waals surface area contributed by atoms with Crippen molar-refractivity contribution in [3.05, 3.63) is 124 Å². The van der Waals surface area contributed by atoms with Crippen molar-refractivity contribution < 1.29 is 95.5 Å². The van der Waals surface area contributed by atoms with Gasteiger partial charge in [0.2, 0.25) is 47.3 Å². The molecule has 0 saturated carbocycles. The molecule has 8 aromatic rings. The Morgan fingerprint density at radius 1 is 0.609 bits per heavy atom. The van der Waals surface area contributed by atoms with Crippen LogP contribution in [0, 0.1) is 25.7 Å². The fraction of sp³-hybridized carbons (Fsp3) is 0.539. The molecule has 44 heteroatoms. The number of amides is 12. The molecule has 0 radical (unpaired) electrons. The summed E-state index contributed by atoms with van der Waals surface area (Å²) < 4.78 is 53.9. The van der Waals surface area contributed by atoms with E-state index in [9.17, 15) is 52.7 Å². The fourth-order valence-electron chi connectivity index (χ4n) is 15.2. The Morgan fingerprint density at radius 2 is 1.17 bits per heavy atom. The van der Waals surface area contributed by atoms with Gasteiger partial charge in [-0.15, -0.1) is 10.2 Å². The lowest BCUT2D eigenvalue weighted by Gasteiger charge is -2.34. The number of rotatable bonds is 51. The number of aromatic nitrogens is 11. The van der Waals surface area contributed by atoms with Crippen LogP contribution in [0.25, 0.3) is 22.1 Å². The Labute approximate surface area is 770 Å². The maximum Gasteiger partial charge on any atom is 0.431 e. The molecule has 133 heavy (non-hydrogen) atoms. The van der Waals surface area contributed by atoms with Gasteiger partial charge >= 0.3 is 18.2 Å². The number of carbonyl (C=O) groups is 11. The number of fused-ring (bicyclic) bond motifs is 3. The Morgan fingerprint density at radius 3 is 1.71 bits per heavy atom. The molecule has 7 heterocycles. The van der Waals surface area contributed by atoms with Gasteiger partial charge in [-0.3, -0.25) is 63.2 Å². The van der Waals surface area contributed by atoms with Crippen LogP contribution in [0.1, 0.15) is 183 Å². The second-order valence-electron chi connectivity index (χ2n) is 33.8. The van der Waals surface area contributed by atoms with Gasteiger partial charge in [0.25, 0.3) is 11.8 Å². The molecule has 0 aliphatic carbocycles. The maximum absolute atomic E-state index is 14.4. The highest BCUT2D eigenvalue weighted by molar-refractivity contribution is 6.06. The highest BCUT2D eigenvalue weighted by Gasteiger charge is 2.36. The lowest BCUT2D eigenvalue weighted by molar-refractivity contribution is -0.135. The molecule has 3 aromatic carbocycles. The third kappa shape index (κ3) is 29.9. The van der Waals surface area contributed by atoms with E-state index in [1.165, 1.54) is 19.2 Å². The van der Waals surface area contributed by atoms with Crippen LogP contribution in [0.15, 0.2) is 72.8 Å².